The molecule has 1 aliphatic heterocycles. The summed E-state index contributed by atoms with van der Waals surface area (Å²) in [5, 5.41) is 0. The number of amides is 1. The van der Waals surface area contributed by atoms with Crippen LogP contribution < -0.4 is 5.73 Å². The van der Waals surface area contributed by atoms with Gasteiger partial charge in [0.25, 0.3) is 0 Å². The van der Waals surface area contributed by atoms with E-state index in [1.165, 1.54) is 19.3 Å². The van der Waals surface area contributed by atoms with Crippen molar-refractivity contribution in [1.29, 1.82) is 0 Å². The van der Waals surface area contributed by atoms with Gasteiger partial charge in [0.05, 0.1) is 0 Å². The van der Waals surface area contributed by atoms with Crippen LogP contribution in [-0.4, -0.2) is 29.4 Å². The zero-order chi connectivity index (χ0) is 14.0. The summed E-state index contributed by atoms with van der Waals surface area (Å²) in [4.78, 5) is 15.0. The standard InChI is InChI=1S/C16H30N2O/c1-11-9-12(2)15(17)10-14(11)16(19)18-8-6-4-5-7-13(18)3/h11-15H,4-10,17H2,1-3H3. The molecule has 0 bridgehead atoms. The van der Waals surface area contributed by atoms with Crippen molar-refractivity contribution >= 4 is 5.91 Å². The Morgan fingerprint density at radius 2 is 1.79 bits per heavy atom. The first kappa shape index (κ1) is 14.8. The minimum Gasteiger partial charge on any atom is -0.340 e. The third kappa shape index (κ3) is 3.31. The highest BCUT2D eigenvalue weighted by molar-refractivity contribution is 5.79. The van der Waals surface area contributed by atoms with Crippen molar-refractivity contribution in [3.05, 3.63) is 0 Å². The molecule has 0 aromatic carbocycles. The predicted octanol–water partition coefficient (Wildman–Crippen LogP) is 2.79. The van der Waals surface area contributed by atoms with Crippen LogP contribution in [0.25, 0.3) is 0 Å². The van der Waals surface area contributed by atoms with E-state index in [1.807, 2.05) is 0 Å². The van der Waals surface area contributed by atoms with E-state index in [0.717, 1.165) is 25.8 Å². The van der Waals surface area contributed by atoms with E-state index in [2.05, 4.69) is 25.7 Å². The molecule has 3 nitrogen and oxygen atoms in total. The lowest BCUT2D eigenvalue weighted by atomic mass is 9.72. The average molecular weight is 266 g/mol. The van der Waals surface area contributed by atoms with Crippen molar-refractivity contribution in [1.82, 2.24) is 4.90 Å². The van der Waals surface area contributed by atoms with Gasteiger partial charge in [-0.1, -0.05) is 26.7 Å². The first-order valence-electron chi connectivity index (χ1n) is 8.06. The molecule has 2 fully saturated rings. The summed E-state index contributed by atoms with van der Waals surface area (Å²) in [5.41, 5.74) is 6.19. The number of nitrogens with zero attached hydrogens (tertiary/aromatic N) is 1. The van der Waals surface area contributed by atoms with Crippen molar-refractivity contribution < 1.29 is 4.79 Å². The van der Waals surface area contributed by atoms with Gasteiger partial charge in [-0.05, 0) is 44.4 Å². The SMILES string of the molecule is CC1CC(C)C(C(=O)N2CCCCCC2C)CC1N. The largest absolute Gasteiger partial charge is 0.340 e. The number of carbonyl (C=O) groups excluding carboxylic acids is 1. The number of hydrogen-bond acceptors (Lipinski definition) is 2. The Balaban J connectivity index is 2.05. The summed E-state index contributed by atoms with van der Waals surface area (Å²) in [6, 6.07) is 0.616. The van der Waals surface area contributed by atoms with Gasteiger partial charge in [-0.25, -0.2) is 0 Å². The molecule has 0 radical (unpaired) electrons. The van der Waals surface area contributed by atoms with Crippen LogP contribution in [0.2, 0.25) is 0 Å². The van der Waals surface area contributed by atoms with Crippen molar-refractivity contribution in [3.63, 3.8) is 0 Å². The van der Waals surface area contributed by atoms with Crippen molar-refractivity contribution in [2.45, 2.75) is 71.4 Å². The fourth-order valence-electron chi connectivity index (χ4n) is 3.84. The zero-order valence-corrected chi connectivity index (χ0v) is 12.8. The summed E-state index contributed by atoms with van der Waals surface area (Å²) in [5.74, 6) is 1.58. The Labute approximate surface area is 117 Å². The van der Waals surface area contributed by atoms with Gasteiger partial charge in [-0.2, -0.15) is 0 Å². The first-order chi connectivity index (χ1) is 9.00. The molecule has 110 valence electrons. The van der Waals surface area contributed by atoms with Crippen LogP contribution in [0, 0.1) is 17.8 Å². The van der Waals surface area contributed by atoms with Crippen molar-refractivity contribution in [2.75, 3.05) is 6.54 Å². The normalized spacial score (nSPS) is 40.8. The molecular weight excluding hydrogens is 236 g/mol. The predicted molar refractivity (Wildman–Crippen MR) is 78.7 cm³/mol. The number of nitrogens with two attached hydrogens (primary N) is 1. The Morgan fingerprint density at radius 1 is 1.05 bits per heavy atom. The number of hydrogen-bond donors (Lipinski definition) is 1. The van der Waals surface area contributed by atoms with Gasteiger partial charge in [0.15, 0.2) is 0 Å². The highest BCUT2D eigenvalue weighted by atomic mass is 16.2. The molecule has 19 heavy (non-hydrogen) atoms. The van der Waals surface area contributed by atoms with Crippen LogP contribution in [0.3, 0.4) is 0 Å². The summed E-state index contributed by atoms with van der Waals surface area (Å²) in [6.45, 7) is 7.61. The molecule has 1 aliphatic carbocycles. The van der Waals surface area contributed by atoms with Crippen molar-refractivity contribution in [3.8, 4) is 0 Å². The number of rotatable bonds is 1. The Bertz CT molecular complexity index is 318. The lowest BCUT2D eigenvalue weighted by Crippen LogP contribution is -2.48. The Hall–Kier alpha value is -0.570. The Kier molecular flexibility index (Phi) is 4.88. The molecule has 2 rings (SSSR count). The van der Waals surface area contributed by atoms with Crippen LogP contribution in [-0.2, 0) is 4.79 Å². The topological polar surface area (TPSA) is 46.3 Å². The average Bonchev–Trinajstić information content (AvgIpc) is 2.58. The Morgan fingerprint density at radius 3 is 2.53 bits per heavy atom. The molecular formula is C16H30N2O. The summed E-state index contributed by atoms with van der Waals surface area (Å²) < 4.78 is 0. The zero-order valence-electron chi connectivity index (χ0n) is 12.8. The minimum atomic E-state index is 0.159. The smallest absolute Gasteiger partial charge is 0.226 e. The molecule has 2 aliphatic rings. The highest BCUT2D eigenvalue weighted by Crippen LogP contribution is 2.35. The molecule has 1 amide bonds. The molecule has 5 unspecified atom stereocenters. The van der Waals surface area contributed by atoms with Gasteiger partial charge in [-0.3, -0.25) is 4.79 Å². The van der Waals surface area contributed by atoms with Crippen LogP contribution in [0.15, 0.2) is 0 Å². The van der Waals surface area contributed by atoms with E-state index in [4.69, 9.17) is 5.73 Å². The maximum absolute atomic E-state index is 12.8. The second-order valence-electron chi connectivity index (χ2n) is 6.93. The van der Waals surface area contributed by atoms with Crippen LogP contribution >= 0.6 is 0 Å². The van der Waals surface area contributed by atoms with Gasteiger partial charge in [-0.15, -0.1) is 0 Å². The lowest BCUT2D eigenvalue weighted by molar-refractivity contribution is -0.141. The van der Waals surface area contributed by atoms with E-state index >= 15 is 0 Å². The van der Waals surface area contributed by atoms with Crippen LogP contribution in [0.1, 0.15) is 59.3 Å². The van der Waals surface area contributed by atoms with E-state index < -0.39 is 0 Å². The molecule has 1 saturated heterocycles. The summed E-state index contributed by atoms with van der Waals surface area (Å²) in [7, 11) is 0. The molecule has 5 atom stereocenters. The third-order valence-electron chi connectivity index (χ3n) is 5.34. The van der Waals surface area contributed by atoms with Gasteiger partial charge >= 0.3 is 0 Å². The maximum Gasteiger partial charge on any atom is 0.226 e. The molecule has 2 N–H and O–H groups in total. The quantitative estimate of drug-likeness (QED) is 0.793. The summed E-state index contributed by atoms with van der Waals surface area (Å²) in [6.07, 6.45) is 6.84. The number of likely N-dealkylation sites (tertiary alicyclic amines) is 1. The van der Waals surface area contributed by atoms with Crippen LogP contribution in [0.4, 0.5) is 0 Å². The second kappa shape index (κ2) is 6.25. The van der Waals surface area contributed by atoms with E-state index in [1.54, 1.807) is 0 Å². The molecule has 1 heterocycles. The fourth-order valence-corrected chi connectivity index (χ4v) is 3.84. The van der Waals surface area contributed by atoms with Gasteiger partial charge < -0.3 is 10.6 Å². The maximum atomic E-state index is 12.8. The van der Waals surface area contributed by atoms with Gasteiger partial charge in [0, 0.05) is 24.5 Å². The van der Waals surface area contributed by atoms with E-state index in [0.29, 0.717) is 23.8 Å². The summed E-state index contributed by atoms with van der Waals surface area (Å²) >= 11 is 0. The van der Waals surface area contributed by atoms with Crippen molar-refractivity contribution in [2.24, 2.45) is 23.5 Å². The number of carbonyl (C=O) groups is 1. The first-order valence-corrected chi connectivity index (χ1v) is 8.06. The molecule has 0 aromatic heterocycles. The molecule has 0 aromatic rings. The van der Waals surface area contributed by atoms with E-state index in [9.17, 15) is 4.79 Å². The highest BCUT2D eigenvalue weighted by Gasteiger charge is 2.38. The van der Waals surface area contributed by atoms with E-state index in [-0.39, 0.29) is 12.0 Å². The molecule has 1 saturated carbocycles. The van der Waals surface area contributed by atoms with Crippen LogP contribution in [0.5, 0.6) is 0 Å². The second-order valence-corrected chi connectivity index (χ2v) is 6.93. The lowest BCUT2D eigenvalue weighted by Gasteiger charge is -2.40. The molecule has 0 spiro atoms. The third-order valence-corrected chi connectivity index (χ3v) is 5.34. The fraction of sp³-hybridized carbons (Fsp3) is 0.938. The molecule has 3 heteroatoms. The van der Waals surface area contributed by atoms with Gasteiger partial charge in [0.2, 0.25) is 5.91 Å². The van der Waals surface area contributed by atoms with Gasteiger partial charge in [0.1, 0.15) is 0 Å². The minimum absolute atomic E-state index is 0.159. The monoisotopic (exact) mass is 266 g/mol.